The predicted octanol–water partition coefficient (Wildman–Crippen LogP) is 5.80. The standard InChI is InChI=1S/C39H32N4O7/c1-22-11-13-24(14-12-22)40-42-36(46)31-21-30-27(19-20-29-33(30)37(47)41(35(29)45)25-15-17-26(18-16-25)43(49)50)34(28-9-5-6-10-32(28)44)39(31,38(42)48)23-7-3-2-4-8-23/h2-19,29-31,33-34,40,44H,20-21H2,1H3. The molecule has 3 fully saturated rings. The molecule has 0 radical (unpaired) electrons. The number of allylic oxidation sites excluding steroid dienone is 2. The van der Waals surface area contributed by atoms with Crippen molar-refractivity contribution < 1.29 is 29.2 Å². The molecule has 0 spiro atoms. The van der Waals surface area contributed by atoms with Crippen molar-refractivity contribution >= 4 is 40.7 Å². The number of nitro groups is 1. The lowest BCUT2D eigenvalue weighted by Crippen LogP contribution is -2.53. The molecule has 2 N–H and O–H groups in total. The van der Waals surface area contributed by atoms with Gasteiger partial charge in [-0.3, -0.25) is 39.6 Å². The number of hydrogen-bond donors (Lipinski definition) is 2. The third-order valence-corrected chi connectivity index (χ3v) is 11.0. The number of hydrogen-bond acceptors (Lipinski definition) is 8. The molecule has 4 aromatic rings. The van der Waals surface area contributed by atoms with Crippen molar-refractivity contribution in [2.75, 3.05) is 10.3 Å². The van der Waals surface area contributed by atoms with Crippen molar-refractivity contribution in [1.29, 1.82) is 0 Å². The van der Waals surface area contributed by atoms with E-state index in [1.165, 1.54) is 24.3 Å². The van der Waals surface area contributed by atoms with Gasteiger partial charge in [0.15, 0.2) is 0 Å². The first-order chi connectivity index (χ1) is 24.1. The Labute approximate surface area is 286 Å². The van der Waals surface area contributed by atoms with E-state index in [1.807, 2.05) is 55.5 Å². The van der Waals surface area contributed by atoms with E-state index in [1.54, 1.807) is 36.4 Å². The molecule has 50 heavy (non-hydrogen) atoms. The number of fused-ring (bicyclic) bond motifs is 4. The Morgan fingerprint density at radius 3 is 2.18 bits per heavy atom. The van der Waals surface area contributed by atoms with E-state index in [0.29, 0.717) is 16.8 Å². The molecule has 1 saturated carbocycles. The highest BCUT2D eigenvalue weighted by Gasteiger charge is 2.70. The highest BCUT2D eigenvalue weighted by Crippen LogP contribution is 2.65. The Morgan fingerprint density at radius 2 is 1.50 bits per heavy atom. The third kappa shape index (κ3) is 4.42. The second-order valence-electron chi connectivity index (χ2n) is 13.4. The van der Waals surface area contributed by atoms with Gasteiger partial charge in [-0.1, -0.05) is 77.9 Å². The number of hydrazine groups is 1. The fraction of sp³-hybridized carbons (Fsp3) is 0.231. The second-order valence-corrected chi connectivity index (χ2v) is 13.4. The van der Waals surface area contributed by atoms with Crippen LogP contribution in [0.25, 0.3) is 0 Å². The van der Waals surface area contributed by atoms with E-state index in [4.69, 9.17) is 0 Å². The molecule has 11 nitrogen and oxygen atoms in total. The Hall–Kier alpha value is -6.10. The molecule has 4 aromatic carbocycles. The van der Waals surface area contributed by atoms with E-state index < -0.39 is 63.6 Å². The SMILES string of the molecule is Cc1ccc(NN2C(=O)C3CC4C(=CCC5C(=O)N(c6ccc([N+](=O)[O-])cc6)C(=O)C54)C(c4ccccc4O)C3(c3ccccc3)C2=O)cc1. The number of carbonyl (C=O) groups is 4. The Morgan fingerprint density at radius 1 is 0.820 bits per heavy atom. The van der Waals surface area contributed by atoms with Gasteiger partial charge in [0.2, 0.25) is 11.8 Å². The van der Waals surface area contributed by atoms with Gasteiger partial charge in [-0.25, -0.2) is 0 Å². The highest BCUT2D eigenvalue weighted by atomic mass is 16.6. The predicted molar refractivity (Wildman–Crippen MR) is 182 cm³/mol. The number of aryl methyl sites for hydroxylation is 1. The van der Waals surface area contributed by atoms with Crippen LogP contribution >= 0.6 is 0 Å². The number of benzene rings is 4. The van der Waals surface area contributed by atoms with Crippen molar-refractivity contribution in [3.05, 3.63) is 142 Å². The van der Waals surface area contributed by atoms with Gasteiger partial charge in [0, 0.05) is 23.6 Å². The van der Waals surface area contributed by atoms with E-state index >= 15 is 4.79 Å². The fourth-order valence-corrected chi connectivity index (χ4v) is 8.80. The molecule has 0 aromatic heterocycles. The van der Waals surface area contributed by atoms with Crippen LogP contribution in [0.3, 0.4) is 0 Å². The number of rotatable bonds is 6. The molecular formula is C39H32N4O7. The normalized spacial score (nSPS) is 27.1. The summed E-state index contributed by atoms with van der Waals surface area (Å²) in [5.74, 6) is -5.88. The number of carbonyl (C=O) groups excluding carboxylic acids is 4. The summed E-state index contributed by atoms with van der Waals surface area (Å²) in [5.41, 5.74) is 4.95. The molecule has 0 bridgehead atoms. The summed E-state index contributed by atoms with van der Waals surface area (Å²) in [6.45, 7) is 1.94. The number of nitro benzene ring substituents is 1. The number of phenolic OH excluding ortho intramolecular Hbond substituents is 1. The summed E-state index contributed by atoms with van der Waals surface area (Å²) in [4.78, 5) is 69.9. The molecule has 4 amide bonds. The van der Waals surface area contributed by atoms with E-state index in [-0.39, 0.29) is 30.0 Å². The molecule has 2 saturated heterocycles. The molecule has 6 unspecified atom stereocenters. The van der Waals surface area contributed by atoms with Gasteiger partial charge in [-0.2, -0.15) is 5.01 Å². The van der Waals surface area contributed by atoms with Gasteiger partial charge in [-0.15, -0.1) is 0 Å². The number of amides is 4. The second kappa shape index (κ2) is 11.5. The average molecular weight is 669 g/mol. The summed E-state index contributed by atoms with van der Waals surface area (Å²) in [6.07, 6.45) is 2.23. The maximum atomic E-state index is 15.1. The van der Waals surface area contributed by atoms with Gasteiger partial charge >= 0.3 is 0 Å². The zero-order valence-corrected chi connectivity index (χ0v) is 26.9. The van der Waals surface area contributed by atoms with Crippen LogP contribution in [-0.4, -0.2) is 38.7 Å². The number of aromatic hydroxyl groups is 1. The first-order valence-electron chi connectivity index (χ1n) is 16.5. The molecule has 2 heterocycles. The molecule has 6 atom stereocenters. The summed E-state index contributed by atoms with van der Waals surface area (Å²) in [5, 5.41) is 23.8. The monoisotopic (exact) mass is 668 g/mol. The van der Waals surface area contributed by atoms with Crippen molar-refractivity contribution in [2.24, 2.45) is 23.7 Å². The lowest BCUT2D eigenvalue weighted by atomic mass is 9.49. The topological polar surface area (TPSA) is 150 Å². The van der Waals surface area contributed by atoms with Gasteiger partial charge in [0.1, 0.15) is 5.75 Å². The summed E-state index contributed by atoms with van der Waals surface area (Å²) < 4.78 is 0. The van der Waals surface area contributed by atoms with Crippen LogP contribution in [0.1, 0.15) is 35.4 Å². The minimum Gasteiger partial charge on any atom is -0.508 e. The first-order valence-corrected chi connectivity index (χ1v) is 16.5. The smallest absolute Gasteiger partial charge is 0.269 e. The maximum Gasteiger partial charge on any atom is 0.269 e. The molecule has 2 aliphatic carbocycles. The van der Waals surface area contributed by atoms with Crippen LogP contribution in [0.5, 0.6) is 5.75 Å². The number of phenols is 1. The number of nitrogens with zero attached hydrogens (tertiary/aromatic N) is 3. The lowest BCUT2D eigenvalue weighted by Gasteiger charge is -2.50. The number of nitrogens with one attached hydrogen (secondary N) is 1. The fourth-order valence-electron chi connectivity index (χ4n) is 8.80. The summed E-state index contributed by atoms with van der Waals surface area (Å²) in [7, 11) is 0. The van der Waals surface area contributed by atoms with Crippen molar-refractivity contribution in [3.8, 4) is 5.75 Å². The summed E-state index contributed by atoms with van der Waals surface area (Å²) in [6, 6.07) is 28.5. The first kappa shape index (κ1) is 31.2. The maximum absolute atomic E-state index is 15.1. The van der Waals surface area contributed by atoms with Crippen LogP contribution in [0.2, 0.25) is 0 Å². The highest BCUT2D eigenvalue weighted by molar-refractivity contribution is 6.22. The number of para-hydroxylation sites is 1. The Kier molecular flexibility index (Phi) is 7.18. The van der Waals surface area contributed by atoms with Crippen molar-refractivity contribution in [1.82, 2.24) is 5.01 Å². The number of imide groups is 2. The molecule has 250 valence electrons. The molecule has 8 rings (SSSR count). The van der Waals surface area contributed by atoms with Gasteiger partial charge in [-0.05, 0) is 61.6 Å². The zero-order valence-electron chi connectivity index (χ0n) is 26.9. The Balaban J connectivity index is 1.29. The van der Waals surface area contributed by atoms with Crippen molar-refractivity contribution in [2.45, 2.75) is 31.1 Å². The van der Waals surface area contributed by atoms with Gasteiger partial charge < -0.3 is 5.11 Å². The van der Waals surface area contributed by atoms with Crippen LogP contribution < -0.4 is 10.3 Å². The van der Waals surface area contributed by atoms with Crippen LogP contribution in [-0.2, 0) is 24.6 Å². The molecular weight excluding hydrogens is 636 g/mol. The van der Waals surface area contributed by atoms with Gasteiger partial charge in [0.25, 0.3) is 17.5 Å². The van der Waals surface area contributed by atoms with E-state index in [9.17, 15) is 29.6 Å². The third-order valence-electron chi connectivity index (χ3n) is 11.0. The minimum atomic E-state index is -1.49. The largest absolute Gasteiger partial charge is 0.508 e. The van der Waals surface area contributed by atoms with Gasteiger partial charge in [0.05, 0.1) is 39.5 Å². The van der Waals surface area contributed by atoms with E-state index in [2.05, 4.69) is 5.43 Å². The molecule has 2 aliphatic heterocycles. The molecule has 4 aliphatic rings. The lowest BCUT2D eigenvalue weighted by molar-refractivity contribution is -0.384. The summed E-state index contributed by atoms with van der Waals surface area (Å²) >= 11 is 0. The van der Waals surface area contributed by atoms with Crippen LogP contribution in [0, 0.1) is 40.7 Å². The quantitative estimate of drug-likeness (QED) is 0.113. The zero-order chi connectivity index (χ0) is 34.9. The Bertz CT molecular complexity index is 2110. The average Bonchev–Trinajstić information content (AvgIpc) is 3.50. The molecule has 11 heteroatoms. The van der Waals surface area contributed by atoms with Crippen LogP contribution in [0.4, 0.5) is 17.1 Å². The van der Waals surface area contributed by atoms with E-state index in [0.717, 1.165) is 21.0 Å². The minimum absolute atomic E-state index is 0.0539. The number of non-ortho nitro benzene ring substituents is 1. The van der Waals surface area contributed by atoms with Crippen molar-refractivity contribution in [3.63, 3.8) is 0 Å². The van der Waals surface area contributed by atoms with Crippen LogP contribution in [0.15, 0.2) is 115 Å². The number of anilines is 2.